The standard InChI is InChI=1S/C15H23N3O4S/c1-10(2)14-12(4-5-17-14)15(20)18-6-7-23(21,22)9-11(18)8-13(19)16-3/h4-5,10-11,17H,6-9H2,1-3H3,(H,16,19). The molecule has 1 atom stereocenters. The van der Waals surface area contributed by atoms with Gasteiger partial charge in [0.05, 0.1) is 23.1 Å². The Balaban J connectivity index is 2.28. The Kier molecular flexibility index (Phi) is 5.13. The number of carbonyl (C=O) groups excluding carboxylic acids is 2. The van der Waals surface area contributed by atoms with E-state index in [1.165, 1.54) is 11.9 Å². The van der Waals surface area contributed by atoms with E-state index in [1.54, 1.807) is 12.3 Å². The first-order valence-corrected chi connectivity index (χ1v) is 9.46. The molecule has 0 radical (unpaired) electrons. The highest BCUT2D eigenvalue weighted by Gasteiger charge is 2.36. The normalized spacial score (nSPS) is 20.5. The van der Waals surface area contributed by atoms with Crippen molar-refractivity contribution in [3.8, 4) is 0 Å². The predicted octanol–water partition coefficient (Wildman–Crippen LogP) is 0.513. The Labute approximate surface area is 136 Å². The van der Waals surface area contributed by atoms with Gasteiger partial charge in [0.1, 0.15) is 0 Å². The Morgan fingerprint density at radius 2 is 2.13 bits per heavy atom. The van der Waals surface area contributed by atoms with Gasteiger partial charge in [-0.2, -0.15) is 0 Å². The molecule has 1 aliphatic heterocycles. The molecule has 1 saturated heterocycles. The number of nitrogens with zero attached hydrogens (tertiary/aromatic N) is 1. The first-order chi connectivity index (χ1) is 10.7. The van der Waals surface area contributed by atoms with Crippen LogP contribution >= 0.6 is 0 Å². The summed E-state index contributed by atoms with van der Waals surface area (Å²) in [6.07, 6.45) is 1.69. The van der Waals surface area contributed by atoms with Crippen LogP contribution < -0.4 is 5.32 Å². The molecule has 2 heterocycles. The lowest BCUT2D eigenvalue weighted by atomic mass is 10.0. The van der Waals surface area contributed by atoms with Crippen LogP contribution in [0.5, 0.6) is 0 Å². The quantitative estimate of drug-likeness (QED) is 0.833. The lowest BCUT2D eigenvalue weighted by molar-refractivity contribution is -0.121. The molecule has 2 rings (SSSR count). The highest BCUT2D eigenvalue weighted by Crippen LogP contribution is 2.23. The Morgan fingerprint density at radius 3 is 2.74 bits per heavy atom. The topological polar surface area (TPSA) is 99.3 Å². The van der Waals surface area contributed by atoms with E-state index in [2.05, 4.69) is 10.3 Å². The molecule has 0 spiro atoms. The van der Waals surface area contributed by atoms with Crippen LogP contribution in [-0.2, 0) is 14.6 Å². The summed E-state index contributed by atoms with van der Waals surface area (Å²) in [5.41, 5.74) is 1.36. The van der Waals surface area contributed by atoms with Gasteiger partial charge in [0.2, 0.25) is 5.91 Å². The molecule has 0 saturated carbocycles. The highest BCUT2D eigenvalue weighted by atomic mass is 32.2. The SMILES string of the molecule is CNC(=O)CC1CS(=O)(=O)CCN1C(=O)c1cc[nH]c1C(C)C. The van der Waals surface area contributed by atoms with Gasteiger partial charge in [0, 0.05) is 31.9 Å². The number of aromatic nitrogens is 1. The summed E-state index contributed by atoms with van der Waals surface area (Å²) in [5.74, 6) is -0.588. The first kappa shape index (κ1) is 17.5. The van der Waals surface area contributed by atoms with Crippen LogP contribution in [0.4, 0.5) is 0 Å². The summed E-state index contributed by atoms with van der Waals surface area (Å²) in [7, 11) is -1.73. The van der Waals surface area contributed by atoms with Crippen molar-refractivity contribution in [1.82, 2.24) is 15.2 Å². The lowest BCUT2D eigenvalue weighted by Crippen LogP contribution is -2.52. The van der Waals surface area contributed by atoms with Crippen molar-refractivity contribution in [3.63, 3.8) is 0 Å². The molecule has 1 unspecified atom stereocenters. The Morgan fingerprint density at radius 1 is 1.43 bits per heavy atom. The molecule has 7 nitrogen and oxygen atoms in total. The van der Waals surface area contributed by atoms with E-state index in [0.29, 0.717) is 5.56 Å². The molecule has 1 fully saturated rings. The average molecular weight is 341 g/mol. The van der Waals surface area contributed by atoms with Crippen molar-refractivity contribution in [2.45, 2.75) is 32.2 Å². The molecule has 1 aromatic rings. The molecule has 8 heteroatoms. The van der Waals surface area contributed by atoms with Crippen LogP contribution in [-0.4, -0.2) is 61.3 Å². The summed E-state index contributed by atoms with van der Waals surface area (Å²) in [4.78, 5) is 29.1. The zero-order chi connectivity index (χ0) is 17.2. The van der Waals surface area contributed by atoms with Crippen LogP contribution in [0.2, 0.25) is 0 Å². The van der Waals surface area contributed by atoms with Crippen LogP contribution in [0.15, 0.2) is 12.3 Å². The summed E-state index contributed by atoms with van der Waals surface area (Å²) >= 11 is 0. The first-order valence-electron chi connectivity index (χ1n) is 7.64. The maximum Gasteiger partial charge on any atom is 0.256 e. The van der Waals surface area contributed by atoms with Gasteiger partial charge in [-0.3, -0.25) is 9.59 Å². The number of carbonyl (C=O) groups is 2. The molecule has 1 aliphatic rings. The average Bonchev–Trinajstić information content (AvgIpc) is 2.95. The van der Waals surface area contributed by atoms with E-state index in [4.69, 9.17) is 0 Å². The zero-order valence-electron chi connectivity index (χ0n) is 13.6. The summed E-state index contributed by atoms with van der Waals surface area (Å²) in [6, 6.07) is 1.08. The lowest BCUT2D eigenvalue weighted by Gasteiger charge is -2.35. The second kappa shape index (κ2) is 6.74. The maximum absolute atomic E-state index is 12.9. The minimum Gasteiger partial charge on any atom is -0.364 e. The molecule has 0 bridgehead atoms. The molecular weight excluding hydrogens is 318 g/mol. The largest absolute Gasteiger partial charge is 0.364 e. The molecular formula is C15H23N3O4S. The Hall–Kier alpha value is -1.83. The van der Waals surface area contributed by atoms with Gasteiger partial charge in [0.25, 0.3) is 5.91 Å². The third-order valence-corrected chi connectivity index (χ3v) is 5.77. The number of aromatic amines is 1. The molecule has 128 valence electrons. The van der Waals surface area contributed by atoms with Crippen molar-refractivity contribution >= 4 is 21.7 Å². The number of hydrogen-bond donors (Lipinski definition) is 2. The summed E-state index contributed by atoms with van der Waals surface area (Å²) < 4.78 is 23.8. The van der Waals surface area contributed by atoms with Crippen LogP contribution in [0.25, 0.3) is 0 Å². The minimum atomic E-state index is -3.23. The zero-order valence-corrected chi connectivity index (χ0v) is 14.4. The highest BCUT2D eigenvalue weighted by molar-refractivity contribution is 7.91. The number of sulfone groups is 1. The molecule has 0 aromatic carbocycles. The summed E-state index contributed by atoms with van der Waals surface area (Å²) in [6.45, 7) is 4.07. The smallest absolute Gasteiger partial charge is 0.256 e. The van der Waals surface area contributed by atoms with Crippen molar-refractivity contribution in [3.05, 3.63) is 23.5 Å². The van der Waals surface area contributed by atoms with Gasteiger partial charge in [-0.1, -0.05) is 13.8 Å². The van der Waals surface area contributed by atoms with Gasteiger partial charge >= 0.3 is 0 Å². The van der Waals surface area contributed by atoms with E-state index >= 15 is 0 Å². The third-order valence-electron chi connectivity index (χ3n) is 4.08. The predicted molar refractivity (Wildman–Crippen MR) is 87.0 cm³/mol. The number of nitrogens with one attached hydrogen (secondary N) is 2. The fourth-order valence-electron chi connectivity index (χ4n) is 2.84. The van der Waals surface area contributed by atoms with Crippen molar-refractivity contribution in [1.29, 1.82) is 0 Å². The monoisotopic (exact) mass is 341 g/mol. The number of amides is 2. The van der Waals surface area contributed by atoms with Gasteiger partial charge in [-0.05, 0) is 12.0 Å². The van der Waals surface area contributed by atoms with E-state index in [1.807, 2.05) is 13.8 Å². The van der Waals surface area contributed by atoms with Crippen LogP contribution in [0.3, 0.4) is 0 Å². The van der Waals surface area contributed by atoms with Crippen LogP contribution in [0.1, 0.15) is 42.2 Å². The second-order valence-electron chi connectivity index (χ2n) is 6.10. The number of rotatable bonds is 4. The summed E-state index contributed by atoms with van der Waals surface area (Å²) in [5, 5.41) is 2.49. The minimum absolute atomic E-state index is 0.0110. The van der Waals surface area contributed by atoms with Gasteiger partial charge < -0.3 is 15.2 Å². The number of hydrogen-bond acceptors (Lipinski definition) is 4. The van der Waals surface area contributed by atoms with Crippen molar-refractivity contribution in [2.24, 2.45) is 0 Å². The molecule has 0 aliphatic carbocycles. The molecule has 23 heavy (non-hydrogen) atoms. The molecule has 2 N–H and O–H groups in total. The van der Waals surface area contributed by atoms with E-state index in [9.17, 15) is 18.0 Å². The van der Waals surface area contributed by atoms with Gasteiger partial charge in [-0.15, -0.1) is 0 Å². The third kappa shape index (κ3) is 3.93. The van der Waals surface area contributed by atoms with Crippen molar-refractivity contribution < 1.29 is 18.0 Å². The Bertz CT molecular complexity index is 693. The fraction of sp³-hybridized carbons (Fsp3) is 0.600. The van der Waals surface area contributed by atoms with Gasteiger partial charge in [-0.25, -0.2) is 8.42 Å². The van der Waals surface area contributed by atoms with E-state index < -0.39 is 15.9 Å². The fourth-order valence-corrected chi connectivity index (χ4v) is 4.37. The second-order valence-corrected chi connectivity index (χ2v) is 8.33. The maximum atomic E-state index is 12.9. The van der Waals surface area contributed by atoms with Gasteiger partial charge in [0.15, 0.2) is 9.84 Å². The van der Waals surface area contributed by atoms with Crippen molar-refractivity contribution in [2.75, 3.05) is 25.1 Å². The molecule has 1 aromatic heterocycles. The van der Waals surface area contributed by atoms with E-state index in [0.717, 1.165) is 5.69 Å². The molecule has 2 amide bonds. The van der Waals surface area contributed by atoms with E-state index in [-0.39, 0.29) is 42.2 Å². The number of H-pyrrole nitrogens is 1. The van der Waals surface area contributed by atoms with Crippen LogP contribution in [0, 0.1) is 0 Å².